The summed E-state index contributed by atoms with van der Waals surface area (Å²) >= 11 is -2.02. The van der Waals surface area contributed by atoms with E-state index in [1.807, 2.05) is 18.5 Å². The molecule has 0 amide bonds. The van der Waals surface area contributed by atoms with Crippen molar-refractivity contribution in [3.8, 4) is 22.3 Å². The third-order valence-electron chi connectivity index (χ3n) is 6.33. The van der Waals surface area contributed by atoms with E-state index < -0.39 is 11.1 Å². The van der Waals surface area contributed by atoms with Crippen LogP contribution in [0.4, 0.5) is 0 Å². The van der Waals surface area contributed by atoms with Crippen LogP contribution in [0.15, 0.2) is 72.0 Å². The van der Waals surface area contributed by atoms with Crippen molar-refractivity contribution in [3.05, 3.63) is 72.7 Å². The van der Waals surface area contributed by atoms with Gasteiger partial charge in [0.25, 0.3) is 0 Å². The Balaban J connectivity index is 1.46. The van der Waals surface area contributed by atoms with Gasteiger partial charge in [0.15, 0.2) is 16.7 Å². The molecule has 0 aliphatic carbocycles. The number of nitrogens with zero attached hydrogens (tertiary/aromatic N) is 3. The van der Waals surface area contributed by atoms with Gasteiger partial charge in [0.1, 0.15) is 0 Å². The van der Waals surface area contributed by atoms with Crippen molar-refractivity contribution in [2.45, 2.75) is 30.1 Å². The number of fused-ring (bicyclic) bond motifs is 1. The summed E-state index contributed by atoms with van der Waals surface area (Å²) < 4.78 is 22.5. The van der Waals surface area contributed by atoms with Crippen LogP contribution in [0.1, 0.15) is 25.3 Å². The van der Waals surface area contributed by atoms with Gasteiger partial charge in [-0.25, -0.2) is 13.7 Å². The maximum absolute atomic E-state index is 11.4. The van der Waals surface area contributed by atoms with Crippen molar-refractivity contribution >= 4 is 16.7 Å². The molecule has 1 aliphatic heterocycles. The molecular formula is C24H24N4O2S. The van der Waals surface area contributed by atoms with E-state index in [4.69, 9.17) is 0 Å². The average molecular weight is 433 g/mol. The fraction of sp³-hybridized carbons (Fsp3) is 0.250. The molecule has 0 bridgehead atoms. The molecule has 5 rings (SSSR count). The Morgan fingerprint density at radius 1 is 1.03 bits per heavy atom. The van der Waals surface area contributed by atoms with Crippen LogP contribution < -0.4 is 5.32 Å². The second-order valence-electron chi connectivity index (χ2n) is 8.33. The van der Waals surface area contributed by atoms with Gasteiger partial charge in [0.05, 0.1) is 11.1 Å². The summed E-state index contributed by atoms with van der Waals surface area (Å²) in [4.78, 5) is 5.01. The molecule has 1 fully saturated rings. The van der Waals surface area contributed by atoms with E-state index in [1.165, 1.54) is 5.56 Å². The van der Waals surface area contributed by atoms with Gasteiger partial charge in [-0.3, -0.25) is 0 Å². The number of piperidine rings is 1. The average Bonchev–Trinajstić information content (AvgIpc) is 3.23. The molecule has 0 spiro atoms. The fourth-order valence-corrected chi connectivity index (χ4v) is 4.75. The van der Waals surface area contributed by atoms with Crippen molar-refractivity contribution in [1.29, 1.82) is 0 Å². The zero-order chi connectivity index (χ0) is 21.4. The second-order valence-corrected chi connectivity index (χ2v) is 9.30. The van der Waals surface area contributed by atoms with Crippen LogP contribution in [0.5, 0.6) is 0 Å². The summed E-state index contributed by atoms with van der Waals surface area (Å²) in [6, 6.07) is 15.8. The van der Waals surface area contributed by atoms with Gasteiger partial charge >= 0.3 is 0 Å². The van der Waals surface area contributed by atoms with Gasteiger partial charge < -0.3 is 9.87 Å². The molecule has 158 valence electrons. The molecule has 1 aliphatic rings. The summed E-state index contributed by atoms with van der Waals surface area (Å²) in [6.07, 6.45) is 7.88. The van der Waals surface area contributed by atoms with Gasteiger partial charge in [0, 0.05) is 23.5 Å². The summed E-state index contributed by atoms with van der Waals surface area (Å²) in [5, 5.41) is 7.91. The summed E-state index contributed by atoms with van der Waals surface area (Å²) in [5.74, 6) is 0. The highest BCUT2D eigenvalue weighted by atomic mass is 32.2. The van der Waals surface area contributed by atoms with Gasteiger partial charge in [-0.1, -0.05) is 43.3 Å². The minimum Gasteiger partial charge on any atom is -0.317 e. The Kier molecular flexibility index (Phi) is 5.17. The monoisotopic (exact) mass is 432 g/mol. The molecule has 1 saturated heterocycles. The first-order chi connectivity index (χ1) is 15.0. The van der Waals surface area contributed by atoms with Crippen molar-refractivity contribution in [3.63, 3.8) is 0 Å². The zero-order valence-corrected chi connectivity index (χ0v) is 18.1. The minimum absolute atomic E-state index is 0.232. The topological polar surface area (TPSA) is 79.5 Å². The van der Waals surface area contributed by atoms with Gasteiger partial charge in [-0.2, -0.15) is 5.10 Å². The highest BCUT2D eigenvalue weighted by Crippen LogP contribution is 2.34. The molecule has 2 N–H and O–H groups in total. The van der Waals surface area contributed by atoms with Crippen molar-refractivity contribution < 1.29 is 8.76 Å². The predicted octanol–water partition coefficient (Wildman–Crippen LogP) is 4.29. The molecule has 0 saturated carbocycles. The Hall–Kier alpha value is -2.87. The lowest BCUT2D eigenvalue weighted by Gasteiger charge is -2.34. The normalized spacial score (nSPS) is 17.0. The van der Waals surface area contributed by atoms with Crippen molar-refractivity contribution in [2.75, 3.05) is 13.1 Å². The van der Waals surface area contributed by atoms with Crippen LogP contribution in [0, 0.1) is 0 Å². The molecule has 1 unspecified atom stereocenters. The largest absolute Gasteiger partial charge is 0.317 e. The SMILES string of the molecule is CC1(c2ccc(-c3cnc4c(-c5cccc(S(=O)O)c5)cnn4c3)cc2)CCNCC1. The number of hydrogen-bond donors (Lipinski definition) is 2. The van der Waals surface area contributed by atoms with Crippen LogP contribution in [0.25, 0.3) is 27.9 Å². The second kappa shape index (κ2) is 8.00. The maximum Gasteiger partial charge on any atom is 0.186 e. The molecule has 4 aromatic rings. The van der Waals surface area contributed by atoms with Crippen LogP contribution in [0.3, 0.4) is 0 Å². The quantitative estimate of drug-likeness (QED) is 0.471. The molecule has 2 aromatic carbocycles. The van der Waals surface area contributed by atoms with Gasteiger partial charge in [0.2, 0.25) is 0 Å². The van der Waals surface area contributed by atoms with E-state index in [0.29, 0.717) is 10.5 Å². The van der Waals surface area contributed by atoms with E-state index in [1.54, 1.807) is 28.9 Å². The van der Waals surface area contributed by atoms with E-state index in [-0.39, 0.29) is 5.41 Å². The lowest BCUT2D eigenvalue weighted by atomic mass is 9.75. The predicted molar refractivity (Wildman–Crippen MR) is 122 cm³/mol. The standard InChI is InChI=1S/C24H24N4O2S/c1-24(9-11-25-12-10-24)20-7-5-17(6-8-20)19-14-26-23-22(15-27-28(23)16-19)18-3-2-4-21(13-18)31(29)30/h2-8,13-16,25H,9-12H2,1H3,(H,29,30). The van der Waals surface area contributed by atoms with E-state index in [9.17, 15) is 8.76 Å². The van der Waals surface area contributed by atoms with Crippen LogP contribution in [-0.4, -0.2) is 36.4 Å². The van der Waals surface area contributed by atoms with Crippen molar-refractivity contribution in [1.82, 2.24) is 19.9 Å². The van der Waals surface area contributed by atoms with Crippen LogP contribution in [0.2, 0.25) is 0 Å². The third kappa shape index (κ3) is 3.80. The minimum atomic E-state index is -2.02. The molecule has 6 nitrogen and oxygen atoms in total. The van der Waals surface area contributed by atoms with E-state index >= 15 is 0 Å². The first-order valence-electron chi connectivity index (χ1n) is 10.4. The zero-order valence-electron chi connectivity index (χ0n) is 17.3. The molecule has 0 radical (unpaired) electrons. The highest BCUT2D eigenvalue weighted by molar-refractivity contribution is 7.79. The number of nitrogens with one attached hydrogen (secondary N) is 1. The Labute approximate surface area is 183 Å². The molecule has 2 aromatic heterocycles. The maximum atomic E-state index is 11.4. The Morgan fingerprint density at radius 2 is 1.81 bits per heavy atom. The van der Waals surface area contributed by atoms with E-state index in [0.717, 1.165) is 48.2 Å². The van der Waals surface area contributed by atoms with Gasteiger partial charge in [-0.15, -0.1) is 0 Å². The molecule has 3 heterocycles. The smallest absolute Gasteiger partial charge is 0.186 e. The van der Waals surface area contributed by atoms with Crippen LogP contribution in [-0.2, 0) is 16.5 Å². The number of benzene rings is 2. The molecule has 7 heteroatoms. The highest BCUT2D eigenvalue weighted by Gasteiger charge is 2.28. The van der Waals surface area contributed by atoms with Gasteiger partial charge in [-0.05, 0) is 60.2 Å². The number of hydrogen-bond acceptors (Lipinski definition) is 4. The summed E-state index contributed by atoms with van der Waals surface area (Å²) in [5.41, 5.74) is 6.07. The Bertz CT molecular complexity index is 1260. The third-order valence-corrected chi connectivity index (χ3v) is 6.98. The first-order valence-corrected chi connectivity index (χ1v) is 11.5. The molecule has 31 heavy (non-hydrogen) atoms. The number of aromatic nitrogens is 3. The molecular weight excluding hydrogens is 408 g/mol. The summed E-state index contributed by atoms with van der Waals surface area (Å²) in [6.45, 7) is 4.48. The lowest BCUT2D eigenvalue weighted by Crippen LogP contribution is -2.37. The van der Waals surface area contributed by atoms with Crippen LogP contribution >= 0.6 is 0 Å². The Morgan fingerprint density at radius 3 is 2.55 bits per heavy atom. The first kappa shape index (κ1) is 20.1. The number of rotatable bonds is 4. The lowest BCUT2D eigenvalue weighted by molar-refractivity contribution is 0.335. The van der Waals surface area contributed by atoms with Crippen molar-refractivity contribution in [2.24, 2.45) is 0 Å². The summed E-state index contributed by atoms with van der Waals surface area (Å²) in [7, 11) is 0. The van der Waals surface area contributed by atoms with E-state index in [2.05, 4.69) is 46.6 Å². The fourth-order valence-electron chi connectivity index (χ4n) is 4.33. The molecule has 1 atom stereocenters.